The van der Waals surface area contributed by atoms with Gasteiger partial charge in [0.1, 0.15) is 0 Å². The number of aryl methyl sites for hydroxylation is 1. The van der Waals surface area contributed by atoms with E-state index in [0.717, 1.165) is 12.0 Å². The van der Waals surface area contributed by atoms with Gasteiger partial charge in [0, 0.05) is 25.8 Å². The van der Waals surface area contributed by atoms with Crippen molar-refractivity contribution in [1.29, 1.82) is 0 Å². The molecule has 1 fully saturated rings. The van der Waals surface area contributed by atoms with Gasteiger partial charge in [0.25, 0.3) is 0 Å². The molecule has 6 nitrogen and oxygen atoms in total. The summed E-state index contributed by atoms with van der Waals surface area (Å²) in [4.78, 5) is 12.9. The monoisotopic (exact) mass is 395 g/mol. The lowest BCUT2D eigenvalue weighted by atomic mass is 9.78. The molecule has 1 aromatic carbocycles. The number of nitrogens with one attached hydrogen (secondary N) is 2. The molecule has 1 amide bonds. The molecular weight excluding hydrogens is 362 g/mol. The van der Waals surface area contributed by atoms with Crippen molar-refractivity contribution in [3.8, 4) is 0 Å². The fraction of sp³-hybridized carbons (Fsp3) is 0.650. The van der Waals surface area contributed by atoms with Crippen molar-refractivity contribution in [1.82, 2.24) is 9.62 Å². The van der Waals surface area contributed by atoms with E-state index in [1.807, 2.05) is 13.8 Å². The third-order valence-electron chi connectivity index (χ3n) is 5.81. The fourth-order valence-corrected chi connectivity index (χ4v) is 4.49. The molecule has 0 aliphatic heterocycles. The van der Waals surface area contributed by atoms with Gasteiger partial charge in [0.05, 0.1) is 10.9 Å². The van der Waals surface area contributed by atoms with Crippen molar-refractivity contribution in [2.24, 2.45) is 11.8 Å². The molecule has 27 heavy (non-hydrogen) atoms. The van der Waals surface area contributed by atoms with Crippen molar-refractivity contribution >= 4 is 21.6 Å². The molecule has 7 heteroatoms. The number of carbonyl (C=O) groups excluding carboxylic acids is 1. The Bertz CT molecular complexity index is 777. The highest BCUT2D eigenvalue weighted by molar-refractivity contribution is 7.89. The lowest BCUT2D eigenvalue weighted by Gasteiger charge is -2.36. The second-order valence-electron chi connectivity index (χ2n) is 8.02. The summed E-state index contributed by atoms with van der Waals surface area (Å²) in [5, 5.41) is 6.36. The van der Waals surface area contributed by atoms with Crippen molar-refractivity contribution in [3.05, 3.63) is 23.8 Å². The van der Waals surface area contributed by atoms with Crippen LogP contribution in [0.3, 0.4) is 0 Å². The number of sulfonamides is 1. The quantitative estimate of drug-likeness (QED) is 0.776. The summed E-state index contributed by atoms with van der Waals surface area (Å²) in [5.41, 5.74) is 1.36. The Kier molecular flexibility index (Phi) is 7.05. The van der Waals surface area contributed by atoms with Crippen LogP contribution < -0.4 is 10.6 Å². The van der Waals surface area contributed by atoms with Crippen LogP contribution in [0.15, 0.2) is 23.1 Å². The van der Waals surface area contributed by atoms with Crippen LogP contribution in [0.4, 0.5) is 5.69 Å². The average Bonchev–Trinajstić information content (AvgIpc) is 2.60. The maximum absolute atomic E-state index is 12.7. The second kappa shape index (κ2) is 8.71. The molecule has 1 aromatic rings. The molecule has 4 atom stereocenters. The number of nitrogens with zero attached hydrogens (tertiary/aromatic N) is 1. The number of carbonyl (C=O) groups is 1. The number of anilines is 1. The smallest absolute Gasteiger partial charge is 0.242 e. The molecule has 152 valence electrons. The Hall–Kier alpha value is -1.44. The Labute approximate surface area is 163 Å². The largest absolute Gasteiger partial charge is 0.324 e. The first kappa shape index (κ1) is 21.9. The molecule has 0 saturated heterocycles. The Balaban J connectivity index is 2.10. The van der Waals surface area contributed by atoms with Gasteiger partial charge in [-0.05, 0) is 49.8 Å². The average molecular weight is 396 g/mol. The molecule has 0 unspecified atom stereocenters. The highest BCUT2D eigenvalue weighted by Gasteiger charge is 2.29. The zero-order valence-electron chi connectivity index (χ0n) is 17.2. The predicted octanol–water partition coefficient (Wildman–Crippen LogP) is 2.99. The minimum atomic E-state index is -3.54. The first-order valence-electron chi connectivity index (χ1n) is 9.64. The van der Waals surface area contributed by atoms with E-state index >= 15 is 0 Å². The van der Waals surface area contributed by atoms with Crippen LogP contribution in [-0.4, -0.2) is 44.8 Å². The molecule has 1 aliphatic rings. The number of amides is 1. The van der Waals surface area contributed by atoms with E-state index in [0.29, 0.717) is 23.6 Å². The van der Waals surface area contributed by atoms with E-state index in [2.05, 4.69) is 24.5 Å². The first-order valence-corrected chi connectivity index (χ1v) is 11.1. The minimum absolute atomic E-state index is 0.150. The molecule has 2 rings (SSSR count). The normalized spacial score (nSPS) is 24.6. The van der Waals surface area contributed by atoms with Gasteiger partial charge >= 0.3 is 0 Å². The van der Waals surface area contributed by atoms with E-state index in [-0.39, 0.29) is 16.8 Å². The maximum Gasteiger partial charge on any atom is 0.242 e. The third-order valence-corrected chi connectivity index (χ3v) is 7.62. The summed E-state index contributed by atoms with van der Waals surface area (Å²) in [6, 6.07) is 4.79. The summed E-state index contributed by atoms with van der Waals surface area (Å²) in [5.74, 6) is 1.04. The van der Waals surface area contributed by atoms with Gasteiger partial charge in [-0.15, -0.1) is 0 Å². The van der Waals surface area contributed by atoms with Crippen molar-refractivity contribution in [3.63, 3.8) is 0 Å². The van der Waals surface area contributed by atoms with E-state index < -0.39 is 10.0 Å². The highest BCUT2D eigenvalue weighted by Crippen LogP contribution is 2.30. The van der Waals surface area contributed by atoms with Crippen LogP contribution in [0.1, 0.15) is 45.6 Å². The van der Waals surface area contributed by atoms with Crippen molar-refractivity contribution < 1.29 is 13.2 Å². The summed E-state index contributed by atoms with van der Waals surface area (Å²) < 4.78 is 25.9. The zero-order valence-corrected chi connectivity index (χ0v) is 18.1. The van der Waals surface area contributed by atoms with Crippen molar-refractivity contribution in [2.75, 3.05) is 19.4 Å². The molecule has 0 radical (unpaired) electrons. The predicted molar refractivity (Wildman–Crippen MR) is 109 cm³/mol. The second-order valence-corrected chi connectivity index (χ2v) is 10.2. The van der Waals surface area contributed by atoms with E-state index in [1.165, 1.54) is 37.3 Å². The topological polar surface area (TPSA) is 78.5 Å². The lowest BCUT2D eigenvalue weighted by Crippen LogP contribution is -2.49. The van der Waals surface area contributed by atoms with Crippen LogP contribution in [0.5, 0.6) is 0 Å². The standard InChI is InChI=1S/C20H33N3O3S/c1-13-8-7-9-18(15(13)3)21-16(4)20(24)22-19-12-17(11-10-14(19)2)27(25,26)23(5)6/h10-13,15-16,18,21H,7-9H2,1-6H3,(H,22,24)/t13-,15-,16+,18-/m1/s1. The molecular formula is C20H33N3O3S. The molecule has 0 heterocycles. The Morgan fingerprint density at radius 2 is 1.89 bits per heavy atom. The maximum atomic E-state index is 12.7. The van der Waals surface area contributed by atoms with Gasteiger partial charge in [0.2, 0.25) is 15.9 Å². The van der Waals surface area contributed by atoms with Crippen molar-refractivity contribution in [2.45, 2.75) is 63.9 Å². The molecule has 2 N–H and O–H groups in total. The van der Waals surface area contributed by atoms with E-state index in [4.69, 9.17) is 0 Å². The Morgan fingerprint density at radius 3 is 2.52 bits per heavy atom. The number of rotatable bonds is 6. The van der Waals surface area contributed by atoms with Crippen LogP contribution in [0.25, 0.3) is 0 Å². The summed E-state index contributed by atoms with van der Waals surface area (Å²) in [7, 11) is -0.558. The third kappa shape index (κ3) is 5.09. The van der Waals surface area contributed by atoms with Gasteiger partial charge in [-0.25, -0.2) is 12.7 Å². The first-order chi connectivity index (χ1) is 12.5. The zero-order chi connectivity index (χ0) is 20.4. The number of hydrogen-bond acceptors (Lipinski definition) is 4. The van der Waals surface area contributed by atoms with E-state index in [9.17, 15) is 13.2 Å². The van der Waals surface area contributed by atoms with Gasteiger partial charge in [-0.1, -0.05) is 32.8 Å². The number of benzene rings is 1. The van der Waals surface area contributed by atoms with Crippen LogP contribution >= 0.6 is 0 Å². The summed E-state index contributed by atoms with van der Waals surface area (Å²) in [6.07, 6.45) is 3.51. The van der Waals surface area contributed by atoms with Gasteiger partial charge in [0.15, 0.2) is 0 Å². The molecule has 0 spiro atoms. The van der Waals surface area contributed by atoms with E-state index in [1.54, 1.807) is 12.1 Å². The fourth-order valence-electron chi connectivity index (χ4n) is 3.56. The number of hydrogen-bond donors (Lipinski definition) is 2. The lowest BCUT2D eigenvalue weighted by molar-refractivity contribution is -0.118. The molecule has 0 aromatic heterocycles. The Morgan fingerprint density at radius 1 is 1.22 bits per heavy atom. The van der Waals surface area contributed by atoms with Crippen LogP contribution in [0, 0.1) is 18.8 Å². The van der Waals surface area contributed by atoms with Crippen LogP contribution in [-0.2, 0) is 14.8 Å². The van der Waals surface area contributed by atoms with Gasteiger partial charge in [-0.3, -0.25) is 4.79 Å². The highest BCUT2D eigenvalue weighted by atomic mass is 32.2. The molecule has 0 bridgehead atoms. The summed E-state index contributed by atoms with van der Waals surface area (Å²) in [6.45, 7) is 8.22. The molecule has 1 aliphatic carbocycles. The van der Waals surface area contributed by atoms with Crippen LogP contribution in [0.2, 0.25) is 0 Å². The minimum Gasteiger partial charge on any atom is -0.324 e. The summed E-state index contributed by atoms with van der Waals surface area (Å²) >= 11 is 0. The SMILES string of the molecule is Cc1ccc(S(=O)(=O)N(C)C)cc1NC(=O)[C@H](C)N[C@@H]1CCC[C@@H](C)[C@H]1C. The van der Waals surface area contributed by atoms with Gasteiger partial charge in [-0.2, -0.15) is 0 Å². The van der Waals surface area contributed by atoms with Gasteiger partial charge < -0.3 is 10.6 Å². The molecule has 1 saturated carbocycles.